The first-order valence-corrected chi connectivity index (χ1v) is 6.90. The van der Waals surface area contributed by atoms with Crippen LogP contribution < -0.4 is 4.90 Å². The molecule has 1 N–H and O–H groups in total. The summed E-state index contributed by atoms with van der Waals surface area (Å²) in [5, 5.41) is 7.54. The largest absolute Gasteiger partial charge is 0.308 e. The molecular weight excluding hydrogens is 260 g/mol. The number of hydrogen-bond acceptors (Lipinski definition) is 4. The van der Waals surface area contributed by atoms with E-state index < -0.39 is 0 Å². The monoisotopic (exact) mass is 278 g/mol. The topological polar surface area (TPSA) is 61.9 Å². The minimum atomic E-state index is -0.0564. The number of thiazole rings is 1. The number of carbonyl (C=O) groups excluding carboxylic acids is 1. The smallest absolute Gasteiger partial charge is 0.269 e. The summed E-state index contributed by atoms with van der Waals surface area (Å²) in [7, 11) is 1.73. The summed E-state index contributed by atoms with van der Waals surface area (Å²) in [5.74, 6) is -0.0564. The molecule has 102 valence electrons. The predicted octanol–water partition coefficient (Wildman–Crippen LogP) is 2.73. The maximum atomic E-state index is 12.3. The van der Waals surface area contributed by atoms with Crippen LogP contribution in [0.3, 0.4) is 0 Å². The first kappa shape index (κ1) is 13.7. The average Bonchev–Trinajstić information content (AvgIpc) is 2.95. The van der Waals surface area contributed by atoms with Crippen LogP contribution in [0.5, 0.6) is 0 Å². The van der Waals surface area contributed by atoms with E-state index in [1.807, 2.05) is 0 Å². The van der Waals surface area contributed by atoms with E-state index in [0.29, 0.717) is 4.88 Å². The molecule has 0 fully saturated rings. The molecule has 2 heterocycles. The van der Waals surface area contributed by atoms with Gasteiger partial charge >= 0.3 is 0 Å². The number of amides is 1. The number of carbonyl (C=O) groups is 1. The van der Waals surface area contributed by atoms with Gasteiger partial charge in [0.15, 0.2) is 0 Å². The van der Waals surface area contributed by atoms with Crippen LogP contribution in [0.15, 0.2) is 18.6 Å². The molecule has 0 aliphatic carbocycles. The fourth-order valence-corrected chi connectivity index (χ4v) is 2.85. The maximum absolute atomic E-state index is 12.3. The molecule has 0 atom stereocenters. The van der Waals surface area contributed by atoms with Crippen LogP contribution in [0.1, 0.15) is 35.5 Å². The molecule has 0 saturated heterocycles. The van der Waals surface area contributed by atoms with E-state index in [0.717, 1.165) is 17.1 Å². The molecule has 19 heavy (non-hydrogen) atoms. The Morgan fingerprint density at radius 1 is 1.42 bits per heavy atom. The maximum Gasteiger partial charge on any atom is 0.269 e. The molecule has 2 aromatic rings. The van der Waals surface area contributed by atoms with Gasteiger partial charge in [-0.05, 0) is 5.41 Å². The van der Waals surface area contributed by atoms with Gasteiger partial charge in [0.2, 0.25) is 0 Å². The molecule has 0 unspecified atom stereocenters. The SMILES string of the molecule is CN(C(=O)c1cnc(CC(C)(C)C)s1)c1cn[nH]c1. The summed E-state index contributed by atoms with van der Waals surface area (Å²) in [6, 6.07) is 0. The van der Waals surface area contributed by atoms with Crippen molar-refractivity contribution >= 4 is 22.9 Å². The molecular formula is C13H18N4OS. The minimum Gasteiger partial charge on any atom is -0.308 e. The van der Waals surface area contributed by atoms with Crippen LogP contribution in [0.25, 0.3) is 0 Å². The number of nitrogens with one attached hydrogen (secondary N) is 1. The van der Waals surface area contributed by atoms with Gasteiger partial charge in [0.1, 0.15) is 4.88 Å². The zero-order valence-electron chi connectivity index (χ0n) is 11.6. The minimum absolute atomic E-state index is 0.0564. The van der Waals surface area contributed by atoms with E-state index in [2.05, 4.69) is 36.0 Å². The third kappa shape index (κ3) is 3.41. The lowest BCUT2D eigenvalue weighted by Gasteiger charge is -2.15. The van der Waals surface area contributed by atoms with Crippen molar-refractivity contribution in [2.75, 3.05) is 11.9 Å². The van der Waals surface area contributed by atoms with Crippen LogP contribution in [0.4, 0.5) is 5.69 Å². The highest BCUT2D eigenvalue weighted by Crippen LogP contribution is 2.25. The molecule has 0 spiro atoms. The number of H-pyrrole nitrogens is 1. The molecule has 5 nitrogen and oxygen atoms in total. The van der Waals surface area contributed by atoms with E-state index in [4.69, 9.17) is 0 Å². The Morgan fingerprint density at radius 2 is 2.16 bits per heavy atom. The second-order valence-corrected chi connectivity index (χ2v) is 6.79. The van der Waals surface area contributed by atoms with Crippen LogP contribution in [0, 0.1) is 5.41 Å². The highest BCUT2D eigenvalue weighted by molar-refractivity contribution is 7.13. The van der Waals surface area contributed by atoms with Crippen molar-refractivity contribution in [2.24, 2.45) is 5.41 Å². The van der Waals surface area contributed by atoms with Gasteiger partial charge in [-0.2, -0.15) is 5.10 Å². The fraction of sp³-hybridized carbons (Fsp3) is 0.462. The Bertz CT molecular complexity index is 553. The van der Waals surface area contributed by atoms with Gasteiger partial charge in [0, 0.05) is 19.7 Å². The number of aromatic amines is 1. The van der Waals surface area contributed by atoms with Crippen molar-refractivity contribution in [1.29, 1.82) is 0 Å². The Balaban J connectivity index is 2.12. The summed E-state index contributed by atoms with van der Waals surface area (Å²) in [5.41, 5.74) is 0.921. The quantitative estimate of drug-likeness (QED) is 0.939. The molecule has 0 radical (unpaired) electrons. The van der Waals surface area contributed by atoms with Crippen LogP contribution in [-0.4, -0.2) is 28.1 Å². The molecule has 1 amide bonds. The number of nitrogens with zero attached hydrogens (tertiary/aromatic N) is 3. The third-order valence-corrected chi connectivity index (χ3v) is 3.61. The second kappa shape index (κ2) is 5.13. The summed E-state index contributed by atoms with van der Waals surface area (Å²) in [6.45, 7) is 6.48. The molecule has 0 saturated carbocycles. The molecule has 2 aromatic heterocycles. The lowest BCUT2D eigenvalue weighted by Crippen LogP contribution is -2.24. The van der Waals surface area contributed by atoms with Gasteiger partial charge in [0.05, 0.1) is 23.1 Å². The number of rotatable bonds is 3. The van der Waals surface area contributed by atoms with E-state index >= 15 is 0 Å². The van der Waals surface area contributed by atoms with Gasteiger partial charge in [-0.3, -0.25) is 9.89 Å². The molecule has 6 heteroatoms. The highest BCUT2D eigenvalue weighted by atomic mass is 32.1. The van der Waals surface area contributed by atoms with Crippen molar-refractivity contribution in [2.45, 2.75) is 27.2 Å². The first-order valence-electron chi connectivity index (χ1n) is 6.08. The van der Waals surface area contributed by atoms with E-state index in [1.165, 1.54) is 11.3 Å². The number of hydrogen-bond donors (Lipinski definition) is 1. The Labute approximate surface area is 116 Å². The zero-order chi connectivity index (χ0) is 14.0. The lowest BCUT2D eigenvalue weighted by molar-refractivity contribution is 0.0996. The number of aromatic nitrogens is 3. The molecule has 0 bridgehead atoms. The van der Waals surface area contributed by atoms with Crippen molar-refractivity contribution < 1.29 is 4.79 Å². The van der Waals surface area contributed by atoms with Crippen LogP contribution in [0.2, 0.25) is 0 Å². The third-order valence-electron chi connectivity index (χ3n) is 2.62. The first-order chi connectivity index (χ1) is 8.87. The normalized spacial score (nSPS) is 11.6. The molecule has 0 aliphatic heterocycles. The molecule has 2 rings (SSSR count). The summed E-state index contributed by atoms with van der Waals surface area (Å²) >= 11 is 1.46. The standard InChI is InChI=1S/C13H18N4OS/c1-13(2,3)5-11-14-8-10(19-11)12(18)17(4)9-6-15-16-7-9/h6-8H,5H2,1-4H3,(H,15,16). The molecule has 0 aromatic carbocycles. The van der Waals surface area contributed by atoms with E-state index in [9.17, 15) is 4.79 Å². The zero-order valence-corrected chi connectivity index (χ0v) is 12.4. The summed E-state index contributed by atoms with van der Waals surface area (Å²) in [6.07, 6.45) is 5.84. The predicted molar refractivity (Wildman–Crippen MR) is 76.6 cm³/mol. The number of anilines is 1. The van der Waals surface area contributed by atoms with Crippen LogP contribution in [-0.2, 0) is 6.42 Å². The summed E-state index contributed by atoms with van der Waals surface area (Å²) < 4.78 is 0. The average molecular weight is 278 g/mol. The Kier molecular flexibility index (Phi) is 3.71. The summed E-state index contributed by atoms with van der Waals surface area (Å²) in [4.78, 5) is 18.8. The van der Waals surface area contributed by atoms with Crippen LogP contribution >= 0.6 is 11.3 Å². The van der Waals surface area contributed by atoms with Gasteiger partial charge in [-0.15, -0.1) is 11.3 Å². The van der Waals surface area contributed by atoms with Gasteiger partial charge in [-0.1, -0.05) is 20.8 Å². The van der Waals surface area contributed by atoms with E-state index in [1.54, 1.807) is 30.5 Å². The lowest BCUT2D eigenvalue weighted by atomic mass is 9.93. The fourth-order valence-electron chi connectivity index (χ4n) is 1.65. The van der Waals surface area contributed by atoms with Gasteiger partial charge in [0.25, 0.3) is 5.91 Å². The molecule has 0 aliphatic rings. The Morgan fingerprint density at radius 3 is 2.74 bits per heavy atom. The van der Waals surface area contributed by atoms with Crippen molar-refractivity contribution in [3.05, 3.63) is 28.5 Å². The van der Waals surface area contributed by atoms with Crippen molar-refractivity contribution in [1.82, 2.24) is 15.2 Å². The second-order valence-electron chi connectivity index (χ2n) is 5.68. The van der Waals surface area contributed by atoms with Gasteiger partial charge < -0.3 is 4.90 Å². The van der Waals surface area contributed by atoms with Crippen molar-refractivity contribution in [3.63, 3.8) is 0 Å². The Hall–Kier alpha value is -1.69. The van der Waals surface area contributed by atoms with Crippen molar-refractivity contribution in [3.8, 4) is 0 Å². The van der Waals surface area contributed by atoms with E-state index in [-0.39, 0.29) is 11.3 Å². The highest BCUT2D eigenvalue weighted by Gasteiger charge is 2.19. The van der Waals surface area contributed by atoms with Gasteiger partial charge in [-0.25, -0.2) is 4.98 Å².